The number of benzene rings is 3. The quantitative estimate of drug-likeness (QED) is 0.247. The minimum Gasteiger partial charge on any atom is -0.496 e. The second-order valence-electron chi connectivity index (χ2n) is 7.67. The van der Waals surface area contributed by atoms with E-state index >= 15 is 0 Å². The lowest BCUT2D eigenvalue weighted by atomic mass is 10.0. The standard InChI is InChI=1S/C29H27N3O2S/c1-3-20-30-29-31-32(27(35-29)19-18-24-16-10-11-17-26(24)34-2)28(33)25(23-14-8-5-9-15-23)21-22-12-6-4-7-13-22/h3-19,21,27H,1,20H2,2H3,(H,30,31)/b19-18+,25-21+. The topological polar surface area (TPSA) is 53.9 Å². The molecule has 6 heteroatoms. The molecule has 1 fully saturated rings. The second kappa shape index (κ2) is 11.9. The molecule has 1 saturated heterocycles. The highest BCUT2D eigenvalue weighted by Gasteiger charge is 2.34. The fourth-order valence-corrected chi connectivity index (χ4v) is 4.53. The van der Waals surface area contributed by atoms with Crippen LogP contribution in [0.4, 0.5) is 0 Å². The minimum absolute atomic E-state index is 0.147. The molecule has 0 bridgehead atoms. The Morgan fingerprint density at radius 1 is 1.06 bits per heavy atom. The van der Waals surface area contributed by atoms with Crippen molar-refractivity contribution in [1.82, 2.24) is 10.4 Å². The molecule has 1 N–H and O–H groups in total. The largest absolute Gasteiger partial charge is 0.496 e. The Balaban J connectivity index is 1.70. The number of ether oxygens (including phenoxy) is 1. The van der Waals surface area contributed by atoms with Gasteiger partial charge in [-0.2, -0.15) is 0 Å². The van der Waals surface area contributed by atoms with Crippen LogP contribution in [0.5, 0.6) is 5.75 Å². The lowest BCUT2D eigenvalue weighted by Crippen LogP contribution is -2.43. The van der Waals surface area contributed by atoms with Gasteiger partial charge in [-0.25, -0.2) is 5.01 Å². The number of hydrogen-bond acceptors (Lipinski definition) is 4. The van der Waals surface area contributed by atoms with E-state index in [1.165, 1.54) is 11.8 Å². The summed E-state index contributed by atoms with van der Waals surface area (Å²) in [6.07, 6.45) is 7.60. The molecule has 3 aromatic rings. The van der Waals surface area contributed by atoms with Gasteiger partial charge in [-0.1, -0.05) is 103 Å². The fourth-order valence-electron chi connectivity index (χ4n) is 3.59. The van der Waals surface area contributed by atoms with E-state index in [4.69, 9.17) is 4.74 Å². The highest BCUT2D eigenvalue weighted by molar-refractivity contribution is 8.14. The Morgan fingerprint density at radius 3 is 2.46 bits per heavy atom. The first-order valence-corrected chi connectivity index (χ1v) is 12.1. The molecular formula is C29H27N3O2S. The Kier molecular flexibility index (Phi) is 8.20. The number of aliphatic imine (C=N–C) groups is 1. The highest BCUT2D eigenvalue weighted by atomic mass is 32.2. The van der Waals surface area contributed by atoms with Crippen molar-refractivity contribution in [3.63, 3.8) is 0 Å². The number of nitrogens with one attached hydrogen (secondary N) is 1. The van der Waals surface area contributed by atoms with Crippen molar-refractivity contribution in [3.8, 4) is 5.75 Å². The summed E-state index contributed by atoms with van der Waals surface area (Å²) in [6.45, 7) is 4.21. The molecular weight excluding hydrogens is 454 g/mol. The molecule has 1 unspecified atom stereocenters. The van der Waals surface area contributed by atoms with Gasteiger partial charge in [-0.3, -0.25) is 15.2 Å². The predicted molar refractivity (Wildman–Crippen MR) is 147 cm³/mol. The van der Waals surface area contributed by atoms with Crippen molar-refractivity contribution in [2.75, 3.05) is 13.7 Å². The number of amides is 1. The van der Waals surface area contributed by atoms with Gasteiger partial charge in [0.15, 0.2) is 5.17 Å². The normalized spacial score (nSPS) is 16.9. The molecule has 176 valence electrons. The van der Waals surface area contributed by atoms with Crippen LogP contribution < -0.4 is 10.2 Å². The smallest absolute Gasteiger partial charge is 0.274 e. The number of para-hydroxylation sites is 1. The maximum absolute atomic E-state index is 14.0. The SMILES string of the molecule is C=CCN=C1NN(C(=O)/C(=C/c2ccccc2)c2ccccc2)C(/C=C/c2ccccc2OC)S1. The summed E-state index contributed by atoms with van der Waals surface area (Å²) in [5, 5.41) is 1.99. The van der Waals surface area contributed by atoms with Gasteiger partial charge in [-0.15, -0.1) is 6.58 Å². The number of carbonyl (C=O) groups excluding carboxylic acids is 1. The van der Waals surface area contributed by atoms with Crippen LogP contribution in [0.25, 0.3) is 17.7 Å². The van der Waals surface area contributed by atoms with Crippen LogP contribution in [0.15, 0.2) is 109 Å². The number of hydrogen-bond donors (Lipinski definition) is 1. The molecule has 0 aromatic heterocycles. The first-order valence-electron chi connectivity index (χ1n) is 11.2. The van der Waals surface area contributed by atoms with Crippen LogP contribution in [0, 0.1) is 0 Å². The molecule has 1 aliphatic heterocycles. The van der Waals surface area contributed by atoms with Gasteiger partial charge in [0, 0.05) is 11.1 Å². The van der Waals surface area contributed by atoms with Gasteiger partial charge in [0.05, 0.1) is 13.7 Å². The summed E-state index contributed by atoms with van der Waals surface area (Å²) in [6, 6.07) is 27.3. The van der Waals surface area contributed by atoms with Gasteiger partial charge in [-0.05, 0) is 29.3 Å². The van der Waals surface area contributed by atoms with Crippen LogP contribution in [-0.2, 0) is 4.79 Å². The molecule has 5 nitrogen and oxygen atoms in total. The summed E-state index contributed by atoms with van der Waals surface area (Å²) in [7, 11) is 1.65. The van der Waals surface area contributed by atoms with Crippen LogP contribution in [0.2, 0.25) is 0 Å². The minimum atomic E-state index is -0.307. The van der Waals surface area contributed by atoms with E-state index in [0.29, 0.717) is 17.3 Å². The lowest BCUT2D eigenvalue weighted by molar-refractivity contribution is -0.126. The van der Waals surface area contributed by atoms with Crippen LogP contribution >= 0.6 is 11.8 Å². The molecule has 0 aliphatic carbocycles. The molecule has 35 heavy (non-hydrogen) atoms. The molecule has 0 saturated carbocycles. The summed E-state index contributed by atoms with van der Waals surface area (Å²) < 4.78 is 5.47. The first-order chi connectivity index (χ1) is 17.2. The Morgan fingerprint density at radius 2 is 1.74 bits per heavy atom. The van der Waals surface area contributed by atoms with Crippen LogP contribution in [0.1, 0.15) is 16.7 Å². The molecule has 1 amide bonds. The third kappa shape index (κ3) is 6.11. The molecule has 1 heterocycles. The summed E-state index contributed by atoms with van der Waals surface area (Å²) in [5.74, 6) is 0.623. The maximum Gasteiger partial charge on any atom is 0.274 e. The predicted octanol–water partition coefficient (Wildman–Crippen LogP) is 5.90. The van der Waals surface area contributed by atoms with Gasteiger partial charge >= 0.3 is 0 Å². The van der Waals surface area contributed by atoms with Crippen LogP contribution in [-0.4, -0.2) is 35.1 Å². The monoisotopic (exact) mass is 481 g/mol. The molecule has 1 aliphatic rings. The van der Waals surface area contributed by atoms with Crippen molar-refractivity contribution >= 4 is 40.6 Å². The molecule has 0 radical (unpaired) electrons. The number of nitrogens with zero attached hydrogens (tertiary/aromatic N) is 2. The van der Waals surface area contributed by atoms with Crippen molar-refractivity contribution in [1.29, 1.82) is 0 Å². The van der Waals surface area contributed by atoms with E-state index in [1.807, 2.05) is 103 Å². The summed E-state index contributed by atoms with van der Waals surface area (Å²) in [4.78, 5) is 18.5. The zero-order valence-electron chi connectivity index (χ0n) is 19.5. The lowest BCUT2D eigenvalue weighted by Gasteiger charge is -2.22. The average Bonchev–Trinajstić information content (AvgIpc) is 3.33. The fraction of sp³-hybridized carbons (Fsp3) is 0.103. The average molecular weight is 482 g/mol. The Labute approximate surface area is 210 Å². The number of methoxy groups -OCH3 is 1. The molecule has 1 atom stereocenters. The van der Waals surface area contributed by atoms with E-state index < -0.39 is 0 Å². The van der Waals surface area contributed by atoms with Crippen molar-refractivity contribution in [2.24, 2.45) is 4.99 Å². The van der Waals surface area contributed by atoms with Gasteiger partial charge < -0.3 is 4.74 Å². The van der Waals surface area contributed by atoms with E-state index in [9.17, 15) is 4.79 Å². The van der Waals surface area contributed by atoms with Gasteiger partial charge in [0.1, 0.15) is 11.1 Å². The number of rotatable bonds is 8. The Bertz CT molecular complexity index is 1250. The third-order valence-corrected chi connectivity index (χ3v) is 6.34. The summed E-state index contributed by atoms with van der Waals surface area (Å²) >= 11 is 1.48. The zero-order valence-corrected chi connectivity index (χ0v) is 20.3. The summed E-state index contributed by atoms with van der Waals surface area (Å²) in [5.41, 5.74) is 6.52. The van der Waals surface area contributed by atoms with E-state index in [0.717, 1.165) is 22.4 Å². The third-order valence-electron chi connectivity index (χ3n) is 5.29. The second-order valence-corrected chi connectivity index (χ2v) is 8.77. The van der Waals surface area contributed by atoms with Gasteiger partial charge in [0.2, 0.25) is 0 Å². The van der Waals surface area contributed by atoms with Gasteiger partial charge in [0.25, 0.3) is 5.91 Å². The van der Waals surface area contributed by atoms with Crippen molar-refractivity contribution in [3.05, 3.63) is 120 Å². The number of hydrazine groups is 1. The molecule has 3 aromatic carbocycles. The molecule has 4 rings (SSSR count). The zero-order chi connectivity index (χ0) is 24.5. The van der Waals surface area contributed by atoms with Crippen molar-refractivity contribution < 1.29 is 9.53 Å². The van der Waals surface area contributed by atoms with Crippen molar-refractivity contribution in [2.45, 2.75) is 5.37 Å². The Hall–Kier alpha value is -4.03. The maximum atomic E-state index is 14.0. The van der Waals surface area contributed by atoms with Crippen LogP contribution in [0.3, 0.4) is 0 Å². The van der Waals surface area contributed by atoms with E-state index in [2.05, 4.69) is 17.0 Å². The number of thioether (sulfide) groups is 1. The van der Waals surface area contributed by atoms with E-state index in [1.54, 1.807) is 18.2 Å². The number of carbonyl (C=O) groups is 1. The van der Waals surface area contributed by atoms with E-state index in [-0.39, 0.29) is 11.3 Å². The first kappa shape index (κ1) is 24.1. The molecule has 0 spiro atoms. The highest BCUT2D eigenvalue weighted by Crippen LogP contribution is 2.30. The number of amidine groups is 1.